The maximum atomic E-state index is 8.97. The van der Waals surface area contributed by atoms with Crippen molar-refractivity contribution in [3.8, 4) is 6.07 Å². The predicted octanol–water partition coefficient (Wildman–Crippen LogP) is 2.24. The lowest BCUT2D eigenvalue weighted by Crippen LogP contribution is -2.28. The molecule has 0 spiro atoms. The van der Waals surface area contributed by atoms with Gasteiger partial charge in [0, 0.05) is 12.1 Å². The molecule has 1 aromatic heterocycles. The molecule has 2 N–H and O–H groups in total. The van der Waals surface area contributed by atoms with E-state index in [0.29, 0.717) is 28.9 Å². The van der Waals surface area contributed by atoms with Gasteiger partial charge < -0.3 is 15.1 Å². The van der Waals surface area contributed by atoms with E-state index in [4.69, 9.17) is 21.9 Å². The number of furan rings is 1. The first-order valence-corrected chi connectivity index (χ1v) is 5.16. The minimum Gasteiger partial charge on any atom is -0.444 e. The molecule has 84 valence electrons. The summed E-state index contributed by atoms with van der Waals surface area (Å²) in [5.74, 6) is 1.10. The zero-order valence-corrected chi connectivity index (χ0v) is 10.1. The van der Waals surface area contributed by atoms with Crippen LogP contribution in [0.1, 0.15) is 16.9 Å². The van der Waals surface area contributed by atoms with Gasteiger partial charge in [0.1, 0.15) is 17.4 Å². The largest absolute Gasteiger partial charge is 0.444 e. The Kier molecular flexibility index (Phi) is 4.09. The van der Waals surface area contributed by atoms with Crippen LogP contribution in [0.2, 0.25) is 0 Å². The normalized spacial score (nSPS) is 9.31. The van der Waals surface area contributed by atoms with Gasteiger partial charge in [-0.2, -0.15) is 5.26 Å². The lowest BCUT2D eigenvalue weighted by Gasteiger charge is -2.06. The van der Waals surface area contributed by atoms with Crippen LogP contribution < -0.4 is 10.6 Å². The van der Waals surface area contributed by atoms with Gasteiger partial charge in [-0.05, 0) is 26.1 Å². The fourth-order valence-electron chi connectivity index (χ4n) is 1.16. The Bertz CT molecular complexity index is 457. The van der Waals surface area contributed by atoms with E-state index in [0.717, 1.165) is 5.56 Å². The first kappa shape index (κ1) is 12.3. The van der Waals surface area contributed by atoms with Gasteiger partial charge in [-0.15, -0.1) is 6.58 Å². The molecule has 0 atom stereocenters. The number of rotatable bonds is 3. The van der Waals surface area contributed by atoms with Crippen LogP contribution in [0.15, 0.2) is 17.1 Å². The van der Waals surface area contributed by atoms with Crippen LogP contribution in [-0.2, 0) is 0 Å². The van der Waals surface area contributed by atoms with E-state index in [1.165, 1.54) is 0 Å². The van der Waals surface area contributed by atoms with Crippen molar-refractivity contribution in [3.63, 3.8) is 0 Å². The third-order valence-corrected chi connectivity index (χ3v) is 2.38. The second-order valence-corrected chi connectivity index (χ2v) is 3.63. The zero-order chi connectivity index (χ0) is 12.1. The van der Waals surface area contributed by atoms with E-state index in [2.05, 4.69) is 23.3 Å². The lowest BCUT2D eigenvalue weighted by atomic mass is 10.2. The Balaban J connectivity index is 2.82. The summed E-state index contributed by atoms with van der Waals surface area (Å²) in [7, 11) is 0. The van der Waals surface area contributed by atoms with Gasteiger partial charge in [-0.25, -0.2) is 0 Å². The number of nitriles is 1. The molecular formula is C11H13N3OS. The number of hydrogen-bond donors (Lipinski definition) is 2. The second kappa shape index (κ2) is 5.33. The SMILES string of the molecule is C=CCNC(=S)Nc1oc(C)c(C)c1C#N. The number of aryl methyl sites for hydroxylation is 1. The van der Waals surface area contributed by atoms with Gasteiger partial charge in [0.15, 0.2) is 5.11 Å². The van der Waals surface area contributed by atoms with Crippen LogP contribution >= 0.6 is 12.2 Å². The Morgan fingerprint density at radius 3 is 2.88 bits per heavy atom. The van der Waals surface area contributed by atoms with Crippen molar-refractivity contribution in [3.05, 3.63) is 29.5 Å². The number of anilines is 1. The van der Waals surface area contributed by atoms with Crippen LogP contribution in [0.4, 0.5) is 5.88 Å². The molecule has 4 nitrogen and oxygen atoms in total. The maximum Gasteiger partial charge on any atom is 0.217 e. The van der Waals surface area contributed by atoms with E-state index in [1.54, 1.807) is 6.08 Å². The maximum absolute atomic E-state index is 8.97. The highest BCUT2D eigenvalue weighted by Crippen LogP contribution is 2.24. The molecule has 1 aromatic rings. The average Bonchev–Trinajstić information content (AvgIpc) is 2.51. The fourth-order valence-corrected chi connectivity index (χ4v) is 1.34. The minimum atomic E-state index is 0.388. The summed E-state index contributed by atoms with van der Waals surface area (Å²) >= 11 is 5.02. The highest BCUT2D eigenvalue weighted by atomic mass is 32.1. The zero-order valence-electron chi connectivity index (χ0n) is 9.26. The molecule has 0 aliphatic carbocycles. The van der Waals surface area contributed by atoms with Crippen molar-refractivity contribution in [1.82, 2.24) is 5.32 Å². The first-order valence-electron chi connectivity index (χ1n) is 4.76. The molecule has 0 unspecified atom stereocenters. The molecule has 0 aliphatic rings. The monoisotopic (exact) mass is 235 g/mol. The van der Waals surface area contributed by atoms with Gasteiger partial charge in [0.05, 0.1) is 0 Å². The molecule has 0 aromatic carbocycles. The molecule has 0 aliphatic heterocycles. The molecular weight excluding hydrogens is 222 g/mol. The van der Waals surface area contributed by atoms with Gasteiger partial charge in [0.2, 0.25) is 5.88 Å². The highest BCUT2D eigenvalue weighted by molar-refractivity contribution is 7.80. The average molecular weight is 235 g/mol. The van der Waals surface area contributed by atoms with Crippen molar-refractivity contribution < 1.29 is 4.42 Å². The molecule has 1 rings (SSSR count). The second-order valence-electron chi connectivity index (χ2n) is 3.22. The highest BCUT2D eigenvalue weighted by Gasteiger charge is 2.14. The van der Waals surface area contributed by atoms with Crippen molar-refractivity contribution in [2.24, 2.45) is 0 Å². The number of nitrogens with one attached hydrogen (secondary N) is 2. The summed E-state index contributed by atoms with van der Waals surface area (Å²) in [6.45, 7) is 7.77. The minimum absolute atomic E-state index is 0.388. The Hall–Kier alpha value is -1.80. The predicted molar refractivity (Wildman–Crippen MR) is 67.3 cm³/mol. The Labute approximate surface area is 99.9 Å². The van der Waals surface area contributed by atoms with Crippen LogP contribution in [0, 0.1) is 25.2 Å². The van der Waals surface area contributed by atoms with Crippen molar-refractivity contribution in [2.45, 2.75) is 13.8 Å². The molecule has 0 bridgehead atoms. The first-order chi connectivity index (χ1) is 7.60. The molecule has 0 saturated heterocycles. The van der Waals surface area contributed by atoms with Crippen LogP contribution in [-0.4, -0.2) is 11.7 Å². The van der Waals surface area contributed by atoms with E-state index in [-0.39, 0.29) is 0 Å². The molecule has 16 heavy (non-hydrogen) atoms. The van der Waals surface area contributed by atoms with Gasteiger partial charge in [-0.1, -0.05) is 6.08 Å². The van der Waals surface area contributed by atoms with Gasteiger partial charge in [-0.3, -0.25) is 0 Å². The third kappa shape index (κ3) is 2.61. The molecule has 5 heteroatoms. The van der Waals surface area contributed by atoms with Crippen LogP contribution in [0.5, 0.6) is 0 Å². The van der Waals surface area contributed by atoms with Crippen LogP contribution in [0.3, 0.4) is 0 Å². The summed E-state index contributed by atoms with van der Waals surface area (Å²) in [4.78, 5) is 0. The Morgan fingerprint density at radius 2 is 2.31 bits per heavy atom. The number of nitrogens with zero attached hydrogens (tertiary/aromatic N) is 1. The summed E-state index contributed by atoms with van der Waals surface area (Å²) < 4.78 is 5.40. The summed E-state index contributed by atoms with van der Waals surface area (Å²) in [5.41, 5.74) is 1.32. The molecule has 0 saturated carbocycles. The number of hydrogen-bond acceptors (Lipinski definition) is 3. The fraction of sp³-hybridized carbons (Fsp3) is 0.273. The van der Waals surface area contributed by atoms with Crippen LogP contribution in [0.25, 0.3) is 0 Å². The summed E-state index contributed by atoms with van der Waals surface area (Å²) in [6, 6.07) is 2.08. The summed E-state index contributed by atoms with van der Waals surface area (Å²) in [5, 5.41) is 15.1. The van der Waals surface area contributed by atoms with E-state index in [9.17, 15) is 0 Å². The van der Waals surface area contributed by atoms with E-state index < -0.39 is 0 Å². The third-order valence-electron chi connectivity index (χ3n) is 2.13. The smallest absolute Gasteiger partial charge is 0.217 e. The van der Waals surface area contributed by atoms with Crippen molar-refractivity contribution >= 4 is 23.2 Å². The quantitative estimate of drug-likeness (QED) is 0.621. The van der Waals surface area contributed by atoms with E-state index >= 15 is 0 Å². The summed E-state index contributed by atoms with van der Waals surface area (Å²) in [6.07, 6.45) is 1.69. The van der Waals surface area contributed by atoms with Crippen molar-refractivity contribution in [2.75, 3.05) is 11.9 Å². The van der Waals surface area contributed by atoms with E-state index in [1.807, 2.05) is 13.8 Å². The molecule has 0 amide bonds. The molecule has 0 fully saturated rings. The number of thiocarbonyl (C=S) groups is 1. The molecule has 1 heterocycles. The molecule has 0 radical (unpaired) electrons. The topological polar surface area (TPSA) is 61.0 Å². The lowest BCUT2D eigenvalue weighted by molar-refractivity contribution is 0.549. The standard InChI is InChI=1S/C11H13N3OS/c1-4-5-13-11(16)14-10-9(6-12)7(2)8(3)15-10/h4H,1,5H2,2-3H3,(H2,13,14,16). The van der Waals surface area contributed by atoms with Gasteiger partial charge in [0.25, 0.3) is 0 Å². The van der Waals surface area contributed by atoms with Gasteiger partial charge >= 0.3 is 0 Å². The Morgan fingerprint density at radius 1 is 1.62 bits per heavy atom. The van der Waals surface area contributed by atoms with Crippen molar-refractivity contribution in [1.29, 1.82) is 5.26 Å².